The minimum absolute atomic E-state index is 0.0279. The van der Waals surface area contributed by atoms with Gasteiger partial charge in [0.2, 0.25) is 0 Å². The molecule has 92 valence electrons. The van der Waals surface area contributed by atoms with Crippen molar-refractivity contribution in [2.75, 3.05) is 11.1 Å². The number of carbonyl (C=O) groups excluding carboxylic acids is 1. The van der Waals surface area contributed by atoms with Crippen LogP contribution in [0.1, 0.15) is 42.6 Å². The van der Waals surface area contributed by atoms with E-state index in [2.05, 4.69) is 24.5 Å². The van der Waals surface area contributed by atoms with Gasteiger partial charge in [0.05, 0.1) is 11.4 Å². The monoisotopic (exact) mass is 233 g/mol. The smallest absolute Gasteiger partial charge is 0.251 e. The Balaban J connectivity index is 2.22. The number of fused-ring (bicyclic) bond motifs is 1. The van der Waals surface area contributed by atoms with Crippen molar-refractivity contribution in [3.63, 3.8) is 0 Å². The van der Waals surface area contributed by atoms with Crippen LogP contribution < -0.4 is 16.4 Å². The van der Waals surface area contributed by atoms with Gasteiger partial charge in [-0.05, 0) is 31.0 Å². The van der Waals surface area contributed by atoms with Crippen molar-refractivity contribution in [3.8, 4) is 0 Å². The van der Waals surface area contributed by atoms with Crippen LogP contribution >= 0.6 is 0 Å². The van der Waals surface area contributed by atoms with Gasteiger partial charge in [-0.25, -0.2) is 0 Å². The van der Waals surface area contributed by atoms with E-state index in [9.17, 15) is 4.79 Å². The SMILES string of the molecule is CCCC(C)Nc1cc2c(cc1N)C(=O)NC2. The van der Waals surface area contributed by atoms with E-state index in [1.54, 1.807) is 6.07 Å². The molecule has 2 rings (SSSR count). The summed E-state index contributed by atoms with van der Waals surface area (Å²) < 4.78 is 0. The van der Waals surface area contributed by atoms with Crippen LogP contribution in [0.25, 0.3) is 0 Å². The second kappa shape index (κ2) is 4.65. The molecular formula is C13H19N3O. The van der Waals surface area contributed by atoms with Crippen LogP contribution in [0.5, 0.6) is 0 Å². The second-order valence-corrected chi connectivity index (χ2v) is 4.61. The molecule has 17 heavy (non-hydrogen) atoms. The molecule has 1 aliphatic heterocycles. The average Bonchev–Trinajstić information content (AvgIpc) is 2.61. The molecule has 4 heteroatoms. The second-order valence-electron chi connectivity index (χ2n) is 4.61. The Kier molecular flexibility index (Phi) is 3.22. The quantitative estimate of drug-likeness (QED) is 0.698. The molecule has 1 aliphatic rings. The Bertz CT molecular complexity index is 443. The van der Waals surface area contributed by atoms with Gasteiger partial charge in [0, 0.05) is 18.2 Å². The number of anilines is 2. The lowest BCUT2D eigenvalue weighted by Crippen LogP contribution is -2.16. The van der Waals surface area contributed by atoms with E-state index in [4.69, 9.17) is 5.73 Å². The van der Waals surface area contributed by atoms with E-state index in [1.807, 2.05) is 6.07 Å². The first-order chi connectivity index (χ1) is 8.11. The number of benzene rings is 1. The fraction of sp³-hybridized carbons (Fsp3) is 0.462. The molecule has 0 aliphatic carbocycles. The number of hydrogen-bond donors (Lipinski definition) is 3. The van der Waals surface area contributed by atoms with Crippen LogP contribution in [-0.4, -0.2) is 11.9 Å². The summed E-state index contributed by atoms with van der Waals surface area (Å²) in [7, 11) is 0. The van der Waals surface area contributed by atoms with Gasteiger partial charge in [0.1, 0.15) is 0 Å². The van der Waals surface area contributed by atoms with Gasteiger partial charge in [-0.2, -0.15) is 0 Å². The summed E-state index contributed by atoms with van der Waals surface area (Å²) >= 11 is 0. The number of rotatable bonds is 4. The Labute approximate surface area is 102 Å². The van der Waals surface area contributed by atoms with Crippen LogP contribution in [0.2, 0.25) is 0 Å². The van der Waals surface area contributed by atoms with Crippen molar-refractivity contribution in [3.05, 3.63) is 23.3 Å². The molecular weight excluding hydrogens is 214 g/mol. The van der Waals surface area contributed by atoms with Crippen molar-refractivity contribution in [1.29, 1.82) is 0 Å². The van der Waals surface area contributed by atoms with Crippen LogP contribution in [0.3, 0.4) is 0 Å². The predicted octanol–water partition coefficient (Wildman–Crippen LogP) is 2.11. The first-order valence-corrected chi connectivity index (χ1v) is 6.09. The summed E-state index contributed by atoms with van der Waals surface area (Å²) in [5.41, 5.74) is 9.26. The van der Waals surface area contributed by atoms with Crippen molar-refractivity contribution in [1.82, 2.24) is 5.32 Å². The standard InChI is InChI=1S/C13H19N3O/c1-3-4-8(2)16-12-5-9-7-15-13(17)10(9)6-11(12)14/h5-6,8,16H,3-4,7,14H2,1-2H3,(H,15,17). The van der Waals surface area contributed by atoms with Crippen molar-refractivity contribution >= 4 is 17.3 Å². The van der Waals surface area contributed by atoms with Crippen LogP contribution in [0.4, 0.5) is 11.4 Å². The lowest BCUT2D eigenvalue weighted by Gasteiger charge is -2.16. The topological polar surface area (TPSA) is 67.1 Å². The molecule has 0 spiro atoms. The average molecular weight is 233 g/mol. The fourth-order valence-corrected chi connectivity index (χ4v) is 2.19. The summed E-state index contributed by atoms with van der Waals surface area (Å²) in [6.07, 6.45) is 2.24. The van der Waals surface area contributed by atoms with E-state index < -0.39 is 0 Å². The third kappa shape index (κ3) is 2.35. The maximum absolute atomic E-state index is 11.5. The Morgan fingerprint density at radius 2 is 2.29 bits per heavy atom. The maximum atomic E-state index is 11.5. The normalized spacial score (nSPS) is 15.3. The number of hydrogen-bond acceptors (Lipinski definition) is 3. The van der Waals surface area contributed by atoms with Crippen LogP contribution in [-0.2, 0) is 6.54 Å². The minimum Gasteiger partial charge on any atom is -0.397 e. The molecule has 1 aromatic carbocycles. The molecule has 0 bridgehead atoms. The highest BCUT2D eigenvalue weighted by molar-refractivity contribution is 6.00. The molecule has 1 atom stereocenters. The fourth-order valence-electron chi connectivity index (χ4n) is 2.19. The van der Waals surface area contributed by atoms with Crippen molar-refractivity contribution < 1.29 is 4.79 Å². The third-order valence-electron chi connectivity index (χ3n) is 3.08. The number of carbonyl (C=O) groups is 1. The van der Waals surface area contributed by atoms with Gasteiger partial charge in [0.15, 0.2) is 0 Å². The Morgan fingerprint density at radius 3 is 3.00 bits per heavy atom. The van der Waals surface area contributed by atoms with Gasteiger partial charge < -0.3 is 16.4 Å². The zero-order chi connectivity index (χ0) is 12.4. The van der Waals surface area contributed by atoms with E-state index in [-0.39, 0.29) is 5.91 Å². The molecule has 1 heterocycles. The van der Waals surface area contributed by atoms with Crippen LogP contribution in [0.15, 0.2) is 12.1 Å². The lowest BCUT2D eigenvalue weighted by molar-refractivity contribution is 0.0966. The van der Waals surface area contributed by atoms with Crippen LogP contribution in [0, 0.1) is 0 Å². The van der Waals surface area contributed by atoms with Gasteiger partial charge in [-0.3, -0.25) is 4.79 Å². The maximum Gasteiger partial charge on any atom is 0.251 e. The zero-order valence-electron chi connectivity index (χ0n) is 10.3. The molecule has 1 amide bonds. The predicted molar refractivity (Wildman–Crippen MR) is 70.0 cm³/mol. The molecule has 0 aromatic heterocycles. The molecule has 4 nitrogen and oxygen atoms in total. The summed E-state index contributed by atoms with van der Waals surface area (Å²) in [5.74, 6) is -0.0279. The molecule has 0 saturated heterocycles. The van der Waals surface area contributed by atoms with E-state index >= 15 is 0 Å². The van der Waals surface area contributed by atoms with E-state index in [1.165, 1.54) is 0 Å². The van der Waals surface area contributed by atoms with Gasteiger partial charge in [-0.15, -0.1) is 0 Å². The number of nitrogens with two attached hydrogens (primary N) is 1. The summed E-state index contributed by atoms with van der Waals surface area (Å²) in [4.78, 5) is 11.5. The molecule has 1 unspecified atom stereocenters. The highest BCUT2D eigenvalue weighted by Crippen LogP contribution is 2.27. The van der Waals surface area contributed by atoms with Gasteiger partial charge in [-0.1, -0.05) is 13.3 Å². The molecule has 0 fully saturated rings. The molecule has 1 aromatic rings. The molecule has 4 N–H and O–H groups in total. The largest absolute Gasteiger partial charge is 0.397 e. The van der Waals surface area contributed by atoms with Crippen molar-refractivity contribution in [2.24, 2.45) is 0 Å². The Morgan fingerprint density at radius 1 is 1.53 bits per heavy atom. The molecule has 0 radical (unpaired) electrons. The summed E-state index contributed by atoms with van der Waals surface area (Å²) in [5, 5.41) is 6.19. The zero-order valence-corrected chi connectivity index (χ0v) is 10.3. The van der Waals surface area contributed by atoms with Crippen molar-refractivity contribution in [2.45, 2.75) is 39.3 Å². The molecule has 0 saturated carbocycles. The van der Waals surface area contributed by atoms with Gasteiger partial charge >= 0.3 is 0 Å². The number of nitrogens with one attached hydrogen (secondary N) is 2. The van der Waals surface area contributed by atoms with E-state index in [0.717, 1.165) is 24.1 Å². The minimum atomic E-state index is -0.0279. The number of amides is 1. The third-order valence-corrected chi connectivity index (χ3v) is 3.08. The Hall–Kier alpha value is -1.71. The highest BCUT2D eigenvalue weighted by atomic mass is 16.1. The summed E-state index contributed by atoms with van der Waals surface area (Å²) in [6, 6.07) is 4.14. The van der Waals surface area contributed by atoms with Gasteiger partial charge in [0.25, 0.3) is 5.91 Å². The van der Waals surface area contributed by atoms with E-state index in [0.29, 0.717) is 23.8 Å². The summed E-state index contributed by atoms with van der Waals surface area (Å²) in [6.45, 7) is 4.90. The first-order valence-electron chi connectivity index (χ1n) is 6.09. The lowest BCUT2D eigenvalue weighted by atomic mass is 10.1. The first kappa shape index (κ1) is 11.8. The number of nitrogen functional groups attached to an aromatic ring is 1. The highest BCUT2D eigenvalue weighted by Gasteiger charge is 2.20.